The maximum atomic E-state index is 13.2. The number of esters is 1. The predicted molar refractivity (Wildman–Crippen MR) is 109 cm³/mol. The molecule has 150 valence electrons. The van der Waals surface area contributed by atoms with Crippen LogP contribution in [0.25, 0.3) is 0 Å². The quantitative estimate of drug-likeness (QED) is 0.685. The highest BCUT2D eigenvalue weighted by Gasteiger charge is 2.35. The summed E-state index contributed by atoms with van der Waals surface area (Å²) in [5.74, 6) is -0.189. The normalized spacial score (nSPS) is 17.2. The smallest absolute Gasteiger partial charge is 0.328 e. The minimum atomic E-state index is -0.677. The average Bonchev–Trinajstić information content (AvgIpc) is 3.15. The topological polar surface area (TPSA) is 87.3 Å². The van der Waals surface area contributed by atoms with Crippen LogP contribution in [0.15, 0.2) is 35.1 Å². The van der Waals surface area contributed by atoms with Gasteiger partial charge in [-0.2, -0.15) is 0 Å². The zero-order valence-electron chi connectivity index (χ0n) is 16.2. The number of hydrogen-bond acceptors (Lipinski definition) is 4. The highest BCUT2D eigenvalue weighted by Crippen LogP contribution is 2.34. The van der Waals surface area contributed by atoms with E-state index in [0.717, 1.165) is 21.4 Å². The van der Waals surface area contributed by atoms with Gasteiger partial charge in [-0.1, -0.05) is 41.9 Å². The lowest BCUT2D eigenvalue weighted by Crippen LogP contribution is -2.51. The number of aromatic nitrogens is 2. The highest BCUT2D eigenvalue weighted by atomic mass is 79.9. The van der Waals surface area contributed by atoms with Gasteiger partial charge >= 0.3 is 12.0 Å². The van der Waals surface area contributed by atoms with Crippen molar-refractivity contribution in [1.82, 2.24) is 20.2 Å². The predicted octanol–water partition coefficient (Wildman–Crippen LogP) is 3.42. The molecule has 2 heterocycles. The molecule has 0 radical (unpaired) electrons. The monoisotopic (exact) mass is 448 g/mol. The molecule has 1 aromatic heterocycles. The maximum Gasteiger partial charge on any atom is 0.328 e. The van der Waals surface area contributed by atoms with Gasteiger partial charge in [-0.15, -0.1) is 0 Å². The number of hydrogen-bond donors (Lipinski definition) is 2. The second-order valence-corrected chi connectivity index (χ2v) is 8.23. The van der Waals surface area contributed by atoms with Crippen LogP contribution in [-0.2, 0) is 16.0 Å². The fourth-order valence-electron chi connectivity index (χ4n) is 3.54. The van der Waals surface area contributed by atoms with Crippen molar-refractivity contribution in [2.24, 2.45) is 5.92 Å². The van der Waals surface area contributed by atoms with Gasteiger partial charge in [-0.05, 0) is 30.0 Å². The van der Waals surface area contributed by atoms with E-state index in [9.17, 15) is 9.59 Å². The Morgan fingerprint density at radius 3 is 2.71 bits per heavy atom. The molecular formula is C20H25BrN4O3. The Bertz CT molecular complexity index is 834. The molecule has 2 amide bonds. The minimum Gasteiger partial charge on any atom is -0.467 e. The van der Waals surface area contributed by atoms with E-state index in [2.05, 4.69) is 31.2 Å². The lowest BCUT2D eigenvalue weighted by molar-refractivity contribution is -0.143. The lowest BCUT2D eigenvalue weighted by atomic mass is 9.96. The van der Waals surface area contributed by atoms with Crippen molar-refractivity contribution in [3.63, 3.8) is 0 Å². The number of rotatable bonds is 5. The van der Waals surface area contributed by atoms with Gasteiger partial charge in [0.1, 0.15) is 12.1 Å². The summed E-state index contributed by atoms with van der Waals surface area (Å²) in [5, 5.41) is 2.87. The molecule has 1 aliphatic rings. The Morgan fingerprint density at radius 2 is 2.07 bits per heavy atom. The minimum absolute atomic E-state index is 0.242. The second-order valence-electron chi connectivity index (χ2n) is 7.32. The van der Waals surface area contributed by atoms with Gasteiger partial charge in [0.25, 0.3) is 0 Å². The van der Waals surface area contributed by atoms with E-state index in [1.807, 2.05) is 38.1 Å². The van der Waals surface area contributed by atoms with Crippen LogP contribution in [0.2, 0.25) is 0 Å². The van der Waals surface area contributed by atoms with Crippen molar-refractivity contribution in [2.45, 2.75) is 38.8 Å². The summed E-state index contributed by atoms with van der Waals surface area (Å²) in [5.41, 5.74) is 2.83. The number of nitrogens with zero attached hydrogens (tertiary/aromatic N) is 2. The van der Waals surface area contributed by atoms with Crippen LogP contribution in [0.3, 0.4) is 0 Å². The summed E-state index contributed by atoms with van der Waals surface area (Å²) >= 11 is 3.45. The molecule has 0 fully saturated rings. The summed E-state index contributed by atoms with van der Waals surface area (Å²) in [6.07, 6.45) is 2.86. The fourth-order valence-corrected chi connectivity index (χ4v) is 3.80. The van der Waals surface area contributed by atoms with Crippen molar-refractivity contribution in [2.75, 3.05) is 13.7 Å². The van der Waals surface area contributed by atoms with Gasteiger partial charge < -0.3 is 19.9 Å². The first-order valence-electron chi connectivity index (χ1n) is 9.33. The van der Waals surface area contributed by atoms with E-state index in [1.165, 1.54) is 7.11 Å². The molecule has 3 rings (SSSR count). The zero-order valence-corrected chi connectivity index (χ0v) is 17.8. The molecular weight excluding hydrogens is 424 g/mol. The number of carbonyl (C=O) groups is 2. The molecule has 2 N–H and O–H groups in total. The standard InChI is InChI=1S/C20H25BrN4O3/c1-12(2)10-16(19(26)28-3)24-20(27)25-9-8-15-17(23-11-22-15)18(25)13-4-6-14(21)7-5-13/h4-7,11-12,16,18H,8-10H2,1-3H3,(H,22,23)(H,24,27)/t16-,18-/m0/s1. The summed E-state index contributed by atoms with van der Waals surface area (Å²) in [4.78, 5) is 34.7. The first-order chi connectivity index (χ1) is 13.4. The van der Waals surface area contributed by atoms with E-state index >= 15 is 0 Å². The van der Waals surface area contributed by atoms with Crippen LogP contribution in [0.1, 0.15) is 43.3 Å². The Hall–Kier alpha value is -2.35. The number of imidazole rings is 1. The Balaban J connectivity index is 1.89. The summed E-state index contributed by atoms with van der Waals surface area (Å²) in [6, 6.07) is 6.56. The molecule has 1 aliphatic heterocycles. The van der Waals surface area contributed by atoms with Gasteiger partial charge in [0.05, 0.1) is 19.1 Å². The van der Waals surface area contributed by atoms with Crippen molar-refractivity contribution in [3.8, 4) is 0 Å². The molecule has 1 aromatic carbocycles. The number of halogens is 1. The molecule has 0 saturated heterocycles. The first kappa shape index (κ1) is 20.4. The molecule has 28 heavy (non-hydrogen) atoms. The maximum absolute atomic E-state index is 13.2. The Morgan fingerprint density at radius 1 is 1.36 bits per heavy atom. The number of nitrogens with one attached hydrogen (secondary N) is 2. The summed E-state index contributed by atoms with van der Waals surface area (Å²) in [6.45, 7) is 4.53. The van der Waals surface area contributed by atoms with Gasteiger partial charge in [0.15, 0.2) is 0 Å². The molecule has 0 spiro atoms. The van der Waals surface area contributed by atoms with Crippen LogP contribution in [0.4, 0.5) is 4.79 Å². The summed E-state index contributed by atoms with van der Waals surface area (Å²) in [7, 11) is 1.34. The van der Waals surface area contributed by atoms with Gasteiger partial charge in [-0.25, -0.2) is 14.6 Å². The number of urea groups is 1. The first-order valence-corrected chi connectivity index (χ1v) is 10.1. The van der Waals surface area contributed by atoms with Gasteiger partial charge in [0.2, 0.25) is 0 Å². The van der Waals surface area contributed by atoms with Crippen molar-refractivity contribution >= 4 is 27.9 Å². The van der Waals surface area contributed by atoms with Crippen molar-refractivity contribution < 1.29 is 14.3 Å². The van der Waals surface area contributed by atoms with Crippen molar-refractivity contribution in [3.05, 3.63) is 52.0 Å². The molecule has 7 nitrogen and oxygen atoms in total. The van der Waals surface area contributed by atoms with E-state index < -0.39 is 12.0 Å². The third kappa shape index (κ3) is 4.38. The molecule has 0 saturated carbocycles. The third-order valence-corrected chi connectivity index (χ3v) is 5.39. The third-order valence-electron chi connectivity index (χ3n) is 4.86. The number of amides is 2. The lowest BCUT2D eigenvalue weighted by Gasteiger charge is -2.36. The van der Waals surface area contributed by atoms with E-state index in [0.29, 0.717) is 19.4 Å². The molecule has 2 aromatic rings. The zero-order chi connectivity index (χ0) is 20.3. The Kier molecular flexibility index (Phi) is 6.39. The number of ether oxygens (including phenoxy) is 1. The van der Waals surface area contributed by atoms with Crippen molar-refractivity contribution in [1.29, 1.82) is 0 Å². The van der Waals surface area contributed by atoms with E-state index in [4.69, 9.17) is 4.74 Å². The number of fused-ring (bicyclic) bond motifs is 1. The number of methoxy groups -OCH3 is 1. The van der Waals surface area contributed by atoms with Crippen LogP contribution in [0.5, 0.6) is 0 Å². The van der Waals surface area contributed by atoms with E-state index in [1.54, 1.807) is 11.2 Å². The highest BCUT2D eigenvalue weighted by molar-refractivity contribution is 9.10. The number of benzene rings is 1. The van der Waals surface area contributed by atoms with E-state index in [-0.39, 0.29) is 18.0 Å². The van der Waals surface area contributed by atoms with Crippen LogP contribution >= 0.6 is 15.9 Å². The van der Waals surface area contributed by atoms with Crippen LogP contribution in [0, 0.1) is 5.92 Å². The number of H-pyrrole nitrogens is 1. The summed E-state index contributed by atoms with van der Waals surface area (Å²) < 4.78 is 5.84. The largest absolute Gasteiger partial charge is 0.467 e. The SMILES string of the molecule is COC(=O)[C@H](CC(C)C)NC(=O)N1CCc2[nH]cnc2[C@@H]1c1ccc(Br)cc1. The molecule has 2 atom stereocenters. The molecule has 8 heteroatoms. The van der Waals surface area contributed by atoms with Gasteiger partial charge in [0, 0.05) is 23.1 Å². The fraction of sp³-hybridized carbons (Fsp3) is 0.450. The molecule has 0 unspecified atom stereocenters. The second kappa shape index (κ2) is 8.77. The molecule has 0 aliphatic carbocycles. The average molecular weight is 449 g/mol. The number of aromatic amines is 1. The van der Waals surface area contributed by atoms with Gasteiger partial charge in [-0.3, -0.25) is 0 Å². The number of carbonyl (C=O) groups excluding carboxylic acids is 2. The van der Waals surface area contributed by atoms with Crippen LogP contribution < -0.4 is 5.32 Å². The Labute approximate surface area is 173 Å². The molecule has 0 bridgehead atoms. The van der Waals surface area contributed by atoms with Crippen LogP contribution in [-0.4, -0.2) is 46.6 Å².